The number of fused-ring (bicyclic) bond motifs is 1. The van der Waals surface area contributed by atoms with Crippen LogP contribution in [0.4, 0.5) is 18.9 Å². The van der Waals surface area contributed by atoms with Crippen LogP contribution in [0.15, 0.2) is 30.6 Å². The summed E-state index contributed by atoms with van der Waals surface area (Å²) < 4.78 is 38.5. The van der Waals surface area contributed by atoms with E-state index >= 15 is 0 Å². The number of aromatic nitrogens is 4. The Morgan fingerprint density at radius 1 is 1.26 bits per heavy atom. The van der Waals surface area contributed by atoms with Gasteiger partial charge in [0.2, 0.25) is 5.95 Å². The van der Waals surface area contributed by atoms with Crippen LogP contribution >= 0.6 is 0 Å². The zero-order valence-electron chi connectivity index (χ0n) is 9.44. The molecule has 3 N–H and O–H groups in total. The fourth-order valence-electron chi connectivity index (χ4n) is 1.71. The van der Waals surface area contributed by atoms with E-state index in [1.165, 1.54) is 0 Å². The van der Waals surface area contributed by atoms with Crippen LogP contribution in [0.2, 0.25) is 0 Å². The van der Waals surface area contributed by atoms with Crippen LogP contribution in [-0.2, 0) is 6.18 Å². The first-order valence-electron chi connectivity index (χ1n) is 5.31. The third kappa shape index (κ3) is 2.01. The van der Waals surface area contributed by atoms with Gasteiger partial charge in [-0.2, -0.15) is 18.3 Å². The van der Waals surface area contributed by atoms with Crippen molar-refractivity contribution in [2.45, 2.75) is 6.18 Å². The molecule has 0 unspecified atom stereocenters. The Bertz CT molecular complexity index is 740. The molecule has 0 aliphatic heterocycles. The van der Waals surface area contributed by atoms with Crippen molar-refractivity contribution in [3.05, 3.63) is 36.2 Å². The highest BCUT2D eigenvalue weighted by atomic mass is 19.4. The molecule has 0 bridgehead atoms. The van der Waals surface area contributed by atoms with Gasteiger partial charge in [0, 0.05) is 11.9 Å². The molecule has 0 amide bonds. The lowest BCUT2D eigenvalue weighted by atomic mass is 10.3. The first-order chi connectivity index (χ1) is 8.93. The molecule has 0 radical (unpaired) electrons. The normalized spacial score (nSPS) is 12.2. The first kappa shape index (κ1) is 11.6. The minimum absolute atomic E-state index is 0.205. The summed E-state index contributed by atoms with van der Waals surface area (Å²) in [6.07, 6.45) is -2.79. The fourth-order valence-corrected chi connectivity index (χ4v) is 1.71. The number of rotatable bonds is 1. The lowest BCUT2D eigenvalue weighted by molar-refractivity contribution is -0.137. The van der Waals surface area contributed by atoms with E-state index in [9.17, 15) is 13.2 Å². The summed E-state index contributed by atoms with van der Waals surface area (Å²) in [6, 6.07) is 5.00. The standard InChI is InChI=1S/C11H8F3N5/c12-11(13,14)6-4-16-19(5-6)10-17-8-2-1-7(15)3-9(8)18-10/h1-5H,15H2,(H,17,18). The average molecular weight is 267 g/mol. The van der Waals surface area contributed by atoms with Crippen LogP contribution in [0.1, 0.15) is 5.56 Å². The Labute approximate surface area is 104 Å². The zero-order chi connectivity index (χ0) is 13.6. The molecule has 1 aromatic carbocycles. The lowest BCUT2D eigenvalue weighted by Crippen LogP contribution is -2.03. The molecule has 3 aromatic rings. The predicted octanol–water partition coefficient (Wildman–Crippen LogP) is 2.35. The summed E-state index contributed by atoms with van der Waals surface area (Å²) in [5.74, 6) is 0.205. The quantitative estimate of drug-likeness (QED) is 0.665. The zero-order valence-corrected chi connectivity index (χ0v) is 9.44. The molecule has 0 aliphatic rings. The van der Waals surface area contributed by atoms with Crippen molar-refractivity contribution < 1.29 is 13.2 Å². The molecule has 98 valence electrons. The number of benzene rings is 1. The SMILES string of the molecule is Nc1ccc2nc(-n3cc(C(F)(F)F)cn3)[nH]c2c1. The van der Waals surface area contributed by atoms with E-state index in [0.717, 1.165) is 17.1 Å². The highest BCUT2D eigenvalue weighted by Crippen LogP contribution is 2.29. The number of anilines is 1. The number of nitrogens with zero attached hydrogens (tertiary/aromatic N) is 3. The minimum atomic E-state index is -4.42. The van der Waals surface area contributed by atoms with E-state index in [-0.39, 0.29) is 5.95 Å². The summed E-state index contributed by atoms with van der Waals surface area (Å²) in [7, 11) is 0. The molecule has 19 heavy (non-hydrogen) atoms. The number of aromatic amines is 1. The number of H-pyrrole nitrogens is 1. The molecule has 0 aliphatic carbocycles. The molecule has 2 aromatic heterocycles. The van der Waals surface area contributed by atoms with E-state index < -0.39 is 11.7 Å². The Kier molecular flexibility index (Phi) is 2.28. The van der Waals surface area contributed by atoms with Gasteiger partial charge >= 0.3 is 6.18 Å². The Morgan fingerprint density at radius 2 is 2.05 bits per heavy atom. The van der Waals surface area contributed by atoms with Crippen molar-refractivity contribution in [2.24, 2.45) is 0 Å². The largest absolute Gasteiger partial charge is 0.419 e. The molecular formula is C11H8F3N5. The highest BCUT2D eigenvalue weighted by molar-refractivity contribution is 5.79. The third-order valence-electron chi connectivity index (χ3n) is 2.62. The Hall–Kier alpha value is -2.51. The van der Waals surface area contributed by atoms with E-state index in [4.69, 9.17) is 5.73 Å². The van der Waals surface area contributed by atoms with Crippen molar-refractivity contribution in [3.8, 4) is 5.95 Å². The van der Waals surface area contributed by atoms with Gasteiger partial charge in [0.25, 0.3) is 0 Å². The summed E-state index contributed by atoms with van der Waals surface area (Å²) in [5, 5.41) is 3.64. The monoisotopic (exact) mass is 267 g/mol. The van der Waals surface area contributed by atoms with Crippen molar-refractivity contribution in [1.82, 2.24) is 19.7 Å². The van der Waals surface area contributed by atoms with Crippen LogP contribution in [0.5, 0.6) is 0 Å². The third-order valence-corrected chi connectivity index (χ3v) is 2.62. The van der Waals surface area contributed by atoms with Crippen LogP contribution < -0.4 is 5.73 Å². The maximum absolute atomic E-state index is 12.5. The second-order valence-electron chi connectivity index (χ2n) is 4.01. The molecule has 2 heterocycles. The maximum atomic E-state index is 12.5. The van der Waals surface area contributed by atoms with Crippen LogP contribution in [0, 0.1) is 0 Å². The van der Waals surface area contributed by atoms with Gasteiger partial charge in [0.1, 0.15) is 0 Å². The molecule has 8 heteroatoms. The van der Waals surface area contributed by atoms with Crippen LogP contribution in [0.3, 0.4) is 0 Å². The number of imidazole rings is 1. The van der Waals surface area contributed by atoms with Crippen molar-refractivity contribution in [1.29, 1.82) is 0 Å². The molecule has 0 spiro atoms. The van der Waals surface area contributed by atoms with E-state index in [2.05, 4.69) is 15.1 Å². The van der Waals surface area contributed by atoms with Gasteiger partial charge in [-0.3, -0.25) is 0 Å². The number of nitrogen functional groups attached to an aromatic ring is 1. The molecule has 0 fully saturated rings. The molecule has 3 rings (SSSR count). The maximum Gasteiger partial charge on any atom is 0.419 e. The number of hydrogen-bond donors (Lipinski definition) is 2. The lowest BCUT2D eigenvalue weighted by Gasteiger charge is -2.00. The molecule has 0 saturated carbocycles. The average Bonchev–Trinajstić information content (AvgIpc) is 2.92. The van der Waals surface area contributed by atoms with Gasteiger partial charge in [-0.15, -0.1) is 0 Å². The van der Waals surface area contributed by atoms with Gasteiger partial charge in [-0.1, -0.05) is 0 Å². The summed E-state index contributed by atoms with van der Waals surface area (Å²) in [6.45, 7) is 0. The first-order valence-corrected chi connectivity index (χ1v) is 5.31. The van der Waals surface area contributed by atoms with Crippen molar-refractivity contribution in [3.63, 3.8) is 0 Å². The van der Waals surface area contributed by atoms with E-state index in [1.54, 1.807) is 18.2 Å². The predicted molar refractivity (Wildman–Crippen MR) is 62.6 cm³/mol. The second-order valence-corrected chi connectivity index (χ2v) is 4.01. The Balaban J connectivity index is 2.07. The van der Waals surface area contributed by atoms with Gasteiger partial charge in [-0.05, 0) is 18.2 Å². The minimum Gasteiger partial charge on any atom is -0.399 e. The van der Waals surface area contributed by atoms with Gasteiger partial charge in [-0.25, -0.2) is 9.67 Å². The number of hydrogen-bond acceptors (Lipinski definition) is 3. The van der Waals surface area contributed by atoms with Crippen molar-refractivity contribution >= 4 is 16.7 Å². The summed E-state index contributed by atoms with van der Waals surface area (Å²) >= 11 is 0. The molecule has 0 atom stereocenters. The molecule has 5 nitrogen and oxygen atoms in total. The topological polar surface area (TPSA) is 72.5 Å². The second kappa shape index (κ2) is 3.74. The van der Waals surface area contributed by atoms with Crippen LogP contribution in [0.25, 0.3) is 17.0 Å². The molecule has 0 saturated heterocycles. The number of nitrogens with one attached hydrogen (secondary N) is 1. The van der Waals surface area contributed by atoms with E-state index in [0.29, 0.717) is 16.7 Å². The molecular weight excluding hydrogens is 259 g/mol. The fraction of sp³-hybridized carbons (Fsp3) is 0.0909. The van der Waals surface area contributed by atoms with Gasteiger partial charge in [0.15, 0.2) is 0 Å². The van der Waals surface area contributed by atoms with Crippen molar-refractivity contribution in [2.75, 3.05) is 5.73 Å². The summed E-state index contributed by atoms with van der Waals surface area (Å²) in [4.78, 5) is 7.00. The number of nitrogens with two attached hydrogens (primary N) is 1. The highest BCUT2D eigenvalue weighted by Gasteiger charge is 2.32. The van der Waals surface area contributed by atoms with Gasteiger partial charge in [0.05, 0.1) is 22.8 Å². The number of halogens is 3. The van der Waals surface area contributed by atoms with Gasteiger partial charge < -0.3 is 10.7 Å². The van der Waals surface area contributed by atoms with Crippen LogP contribution in [-0.4, -0.2) is 19.7 Å². The Morgan fingerprint density at radius 3 is 2.74 bits per heavy atom. The van der Waals surface area contributed by atoms with E-state index in [1.807, 2.05) is 0 Å². The number of alkyl halides is 3. The smallest absolute Gasteiger partial charge is 0.399 e. The summed E-state index contributed by atoms with van der Waals surface area (Å²) in [5.41, 5.74) is 6.57.